The third kappa shape index (κ3) is 3.32. The van der Waals surface area contributed by atoms with E-state index in [0.29, 0.717) is 5.91 Å². The number of carbonyl (C=O) groups is 1. The topological polar surface area (TPSA) is 29.5 Å². The second-order valence-electron chi connectivity index (χ2n) is 4.99. The standard InChI is InChI=1S/C14H23NO2/c1-2-17-13-9-6-10-15(11-13)14(16)12-7-4-3-5-8-12/h3-4,12-13H,2,5-11H2,1H3/t12-,13+/m1/s1. The van der Waals surface area contributed by atoms with Crippen molar-refractivity contribution >= 4 is 5.91 Å². The molecule has 1 saturated heterocycles. The number of carbonyl (C=O) groups excluding carboxylic acids is 1. The fraction of sp³-hybridized carbons (Fsp3) is 0.786. The molecule has 0 aromatic carbocycles. The second kappa shape index (κ2) is 6.20. The zero-order chi connectivity index (χ0) is 12.1. The third-order valence-electron chi connectivity index (χ3n) is 3.71. The predicted molar refractivity (Wildman–Crippen MR) is 67.7 cm³/mol. The summed E-state index contributed by atoms with van der Waals surface area (Å²) in [4.78, 5) is 14.4. The third-order valence-corrected chi connectivity index (χ3v) is 3.71. The Morgan fingerprint density at radius 3 is 3.00 bits per heavy atom. The van der Waals surface area contributed by atoms with E-state index in [9.17, 15) is 4.79 Å². The Morgan fingerprint density at radius 1 is 1.41 bits per heavy atom. The van der Waals surface area contributed by atoms with Gasteiger partial charge in [0, 0.05) is 25.6 Å². The van der Waals surface area contributed by atoms with E-state index >= 15 is 0 Å². The summed E-state index contributed by atoms with van der Waals surface area (Å²) in [6.45, 7) is 4.49. The summed E-state index contributed by atoms with van der Waals surface area (Å²) in [5, 5.41) is 0. The van der Waals surface area contributed by atoms with Gasteiger partial charge in [0.1, 0.15) is 0 Å². The van der Waals surface area contributed by atoms with Crippen LogP contribution in [0.4, 0.5) is 0 Å². The molecule has 0 N–H and O–H groups in total. The van der Waals surface area contributed by atoms with Gasteiger partial charge in [-0.25, -0.2) is 0 Å². The van der Waals surface area contributed by atoms with Crippen LogP contribution in [0.3, 0.4) is 0 Å². The lowest BCUT2D eigenvalue weighted by Gasteiger charge is -2.35. The lowest BCUT2D eigenvalue weighted by molar-refractivity contribution is -0.139. The van der Waals surface area contributed by atoms with Gasteiger partial charge >= 0.3 is 0 Å². The number of likely N-dealkylation sites (tertiary alicyclic amines) is 1. The number of hydrogen-bond acceptors (Lipinski definition) is 2. The van der Waals surface area contributed by atoms with Gasteiger partial charge in [0.2, 0.25) is 5.91 Å². The second-order valence-corrected chi connectivity index (χ2v) is 4.99. The van der Waals surface area contributed by atoms with Crippen LogP contribution in [0.25, 0.3) is 0 Å². The van der Waals surface area contributed by atoms with Crippen molar-refractivity contribution in [3.8, 4) is 0 Å². The van der Waals surface area contributed by atoms with Crippen LogP contribution in [0.1, 0.15) is 39.0 Å². The molecule has 1 aliphatic carbocycles. The Kier molecular flexibility index (Phi) is 4.60. The van der Waals surface area contributed by atoms with E-state index < -0.39 is 0 Å². The summed E-state index contributed by atoms with van der Waals surface area (Å²) < 4.78 is 5.64. The maximum Gasteiger partial charge on any atom is 0.226 e. The molecule has 3 nitrogen and oxygen atoms in total. The summed E-state index contributed by atoms with van der Waals surface area (Å²) in [7, 11) is 0. The highest BCUT2D eigenvalue weighted by atomic mass is 16.5. The van der Waals surface area contributed by atoms with Gasteiger partial charge in [0.05, 0.1) is 6.10 Å². The Hall–Kier alpha value is -0.830. The normalized spacial score (nSPS) is 29.4. The minimum absolute atomic E-state index is 0.223. The van der Waals surface area contributed by atoms with E-state index in [2.05, 4.69) is 12.2 Å². The van der Waals surface area contributed by atoms with Gasteiger partial charge in [0.15, 0.2) is 0 Å². The molecule has 0 bridgehead atoms. The maximum absolute atomic E-state index is 12.3. The maximum atomic E-state index is 12.3. The van der Waals surface area contributed by atoms with Crippen LogP contribution >= 0.6 is 0 Å². The summed E-state index contributed by atoms with van der Waals surface area (Å²) in [5.41, 5.74) is 0. The molecule has 0 aromatic heterocycles. The van der Waals surface area contributed by atoms with Crippen LogP contribution in [-0.2, 0) is 9.53 Å². The lowest BCUT2D eigenvalue weighted by Crippen LogP contribution is -2.45. The van der Waals surface area contributed by atoms with E-state index in [-0.39, 0.29) is 12.0 Å². The van der Waals surface area contributed by atoms with Gasteiger partial charge in [-0.1, -0.05) is 12.2 Å². The fourth-order valence-corrected chi connectivity index (χ4v) is 2.79. The van der Waals surface area contributed by atoms with E-state index in [4.69, 9.17) is 4.74 Å². The molecule has 96 valence electrons. The highest BCUT2D eigenvalue weighted by Crippen LogP contribution is 2.23. The van der Waals surface area contributed by atoms with Crippen LogP contribution in [0, 0.1) is 5.92 Å². The molecular weight excluding hydrogens is 214 g/mol. The quantitative estimate of drug-likeness (QED) is 0.705. The zero-order valence-corrected chi connectivity index (χ0v) is 10.7. The molecule has 1 aliphatic heterocycles. The van der Waals surface area contributed by atoms with Crippen LogP contribution in [0.5, 0.6) is 0 Å². The molecular formula is C14H23NO2. The molecule has 2 aliphatic rings. The molecule has 1 amide bonds. The summed E-state index contributed by atoms with van der Waals surface area (Å²) in [6.07, 6.45) is 9.77. The van der Waals surface area contributed by atoms with Crippen molar-refractivity contribution in [1.29, 1.82) is 0 Å². The van der Waals surface area contributed by atoms with Crippen molar-refractivity contribution < 1.29 is 9.53 Å². The molecule has 2 atom stereocenters. The minimum Gasteiger partial charge on any atom is -0.377 e. The van der Waals surface area contributed by atoms with Gasteiger partial charge in [0.25, 0.3) is 0 Å². The van der Waals surface area contributed by atoms with Gasteiger partial charge < -0.3 is 9.64 Å². The monoisotopic (exact) mass is 237 g/mol. The van der Waals surface area contributed by atoms with Gasteiger partial charge in [-0.05, 0) is 39.0 Å². The fourth-order valence-electron chi connectivity index (χ4n) is 2.79. The number of nitrogens with zero attached hydrogens (tertiary/aromatic N) is 1. The van der Waals surface area contributed by atoms with Crippen LogP contribution in [-0.4, -0.2) is 36.6 Å². The zero-order valence-electron chi connectivity index (χ0n) is 10.7. The minimum atomic E-state index is 0.223. The highest BCUT2D eigenvalue weighted by Gasteiger charge is 2.28. The number of allylic oxidation sites excluding steroid dienone is 2. The van der Waals surface area contributed by atoms with Crippen LogP contribution in [0.2, 0.25) is 0 Å². The summed E-state index contributed by atoms with van der Waals surface area (Å²) in [6, 6.07) is 0. The number of rotatable bonds is 3. The van der Waals surface area contributed by atoms with Crippen LogP contribution < -0.4 is 0 Å². The number of amides is 1. The lowest BCUT2D eigenvalue weighted by atomic mass is 9.92. The van der Waals surface area contributed by atoms with Gasteiger partial charge in [-0.3, -0.25) is 4.79 Å². The smallest absolute Gasteiger partial charge is 0.226 e. The Bertz CT molecular complexity index is 286. The van der Waals surface area contributed by atoms with Crippen molar-refractivity contribution in [3.05, 3.63) is 12.2 Å². The van der Waals surface area contributed by atoms with E-state index in [0.717, 1.165) is 51.8 Å². The average Bonchev–Trinajstić information content (AvgIpc) is 2.40. The number of ether oxygens (including phenoxy) is 1. The first kappa shape index (κ1) is 12.6. The Morgan fingerprint density at radius 2 is 2.29 bits per heavy atom. The van der Waals surface area contributed by atoms with Crippen molar-refractivity contribution in [1.82, 2.24) is 4.90 Å². The molecule has 0 radical (unpaired) electrons. The largest absolute Gasteiger partial charge is 0.377 e. The first-order chi connectivity index (χ1) is 8.31. The highest BCUT2D eigenvalue weighted by molar-refractivity contribution is 5.79. The molecule has 1 fully saturated rings. The molecule has 17 heavy (non-hydrogen) atoms. The first-order valence-electron chi connectivity index (χ1n) is 6.86. The number of hydrogen-bond donors (Lipinski definition) is 0. The van der Waals surface area contributed by atoms with E-state index in [1.165, 1.54) is 0 Å². The Balaban J connectivity index is 1.87. The SMILES string of the molecule is CCO[C@H]1CCCN(C(=O)[C@@H]2CC=CCC2)C1. The Labute approximate surface area is 104 Å². The first-order valence-corrected chi connectivity index (χ1v) is 6.86. The van der Waals surface area contributed by atoms with Crippen molar-refractivity contribution in [3.63, 3.8) is 0 Å². The molecule has 0 saturated carbocycles. The molecule has 3 heteroatoms. The molecule has 1 heterocycles. The molecule has 0 unspecified atom stereocenters. The number of piperidine rings is 1. The van der Waals surface area contributed by atoms with Gasteiger partial charge in [-0.15, -0.1) is 0 Å². The van der Waals surface area contributed by atoms with Crippen LogP contribution in [0.15, 0.2) is 12.2 Å². The van der Waals surface area contributed by atoms with Crippen molar-refractivity contribution in [2.24, 2.45) is 5.92 Å². The molecule has 0 spiro atoms. The molecule has 0 aromatic rings. The van der Waals surface area contributed by atoms with Crippen molar-refractivity contribution in [2.75, 3.05) is 19.7 Å². The predicted octanol–water partition coefficient (Wildman–Crippen LogP) is 2.37. The van der Waals surface area contributed by atoms with Gasteiger partial charge in [-0.2, -0.15) is 0 Å². The molecule has 2 rings (SSSR count). The van der Waals surface area contributed by atoms with E-state index in [1.54, 1.807) is 0 Å². The van der Waals surface area contributed by atoms with Crippen molar-refractivity contribution in [2.45, 2.75) is 45.1 Å². The summed E-state index contributed by atoms with van der Waals surface area (Å²) >= 11 is 0. The summed E-state index contributed by atoms with van der Waals surface area (Å²) in [5.74, 6) is 0.569. The average molecular weight is 237 g/mol. The van der Waals surface area contributed by atoms with E-state index in [1.807, 2.05) is 11.8 Å².